The minimum atomic E-state index is -3.78. The minimum absolute atomic E-state index is 0.111. The van der Waals surface area contributed by atoms with Crippen LogP contribution in [-0.2, 0) is 10.0 Å². The van der Waals surface area contributed by atoms with Crippen molar-refractivity contribution in [2.75, 3.05) is 27.2 Å². The van der Waals surface area contributed by atoms with Crippen molar-refractivity contribution in [3.05, 3.63) is 22.4 Å². The molecular weight excluding hydrogens is 363 g/mol. The molecule has 1 aliphatic heterocycles. The second-order valence-corrected chi connectivity index (χ2v) is 7.67. The molecule has 118 valence electrons. The minimum Gasteiger partial charge on any atom is -0.495 e. The largest absolute Gasteiger partial charge is 0.495 e. The maximum absolute atomic E-state index is 13.7. The predicted octanol–water partition coefficient (Wildman–Crippen LogP) is 1.97. The maximum atomic E-state index is 13.7. The number of hydrogen-bond donors (Lipinski definition) is 1. The van der Waals surface area contributed by atoms with Gasteiger partial charge in [0.2, 0.25) is 10.0 Å². The van der Waals surface area contributed by atoms with Gasteiger partial charge in [0.05, 0.1) is 11.6 Å². The molecule has 0 aliphatic carbocycles. The van der Waals surface area contributed by atoms with Crippen LogP contribution in [0, 0.1) is 5.82 Å². The van der Waals surface area contributed by atoms with Crippen molar-refractivity contribution in [3.8, 4) is 5.75 Å². The van der Waals surface area contributed by atoms with E-state index < -0.39 is 15.8 Å². The third-order valence-corrected chi connectivity index (χ3v) is 6.11. The highest BCUT2D eigenvalue weighted by atomic mass is 79.9. The molecule has 21 heavy (non-hydrogen) atoms. The smallest absolute Gasteiger partial charge is 0.246 e. The Morgan fingerprint density at radius 3 is 2.81 bits per heavy atom. The van der Waals surface area contributed by atoms with Gasteiger partial charge in [-0.15, -0.1) is 0 Å². The monoisotopic (exact) mass is 380 g/mol. The number of ether oxygens (including phenoxy) is 1. The van der Waals surface area contributed by atoms with E-state index in [4.69, 9.17) is 4.74 Å². The third kappa shape index (κ3) is 3.39. The highest BCUT2D eigenvalue weighted by Crippen LogP contribution is 2.32. The average Bonchev–Trinajstić information content (AvgIpc) is 2.49. The second kappa shape index (κ2) is 6.60. The molecule has 2 rings (SSSR count). The fourth-order valence-electron chi connectivity index (χ4n) is 2.41. The lowest BCUT2D eigenvalue weighted by atomic mass is 10.1. The first-order valence-corrected chi connectivity index (χ1v) is 8.84. The lowest BCUT2D eigenvalue weighted by molar-refractivity contribution is 0.291. The van der Waals surface area contributed by atoms with E-state index in [9.17, 15) is 12.8 Å². The number of rotatable bonds is 4. The van der Waals surface area contributed by atoms with Gasteiger partial charge in [0, 0.05) is 19.1 Å². The first kappa shape index (κ1) is 16.7. The number of sulfonamides is 1. The molecule has 0 radical (unpaired) electrons. The normalized spacial score (nSPS) is 20.5. The summed E-state index contributed by atoms with van der Waals surface area (Å²) < 4.78 is 45.8. The summed E-state index contributed by atoms with van der Waals surface area (Å²) in [6.07, 6.45) is 1.69. The fraction of sp³-hybridized carbons (Fsp3) is 0.538. The van der Waals surface area contributed by atoms with Crippen molar-refractivity contribution in [2.45, 2.75) is 23.8 Å². The summed E-state index contributed by atoms with van der Waals surface area (Å²) >= 11 is 3.03. The Morgan fingerprint density at radius 2 is 2.19 bits per heavy atom. The first-order valence-electron chi connectivity index (χ1n) is 6.60. The SMILES string of the molecule is CNC1CCCN(S(=O)(=O)c2cc(F)c(Br)cc2OC)C1. The van der Waals surface area contributed by atoms with E-state index >= 15 is 0 Å². The van der Waals surface area contributed by atoms with Crippen LogP contribution >= 0.6 is 15.9 Å². The zero-order valence-corrected chi connectivity index (χ0v) is 14.3. The molecular formula is C13H18BrFN2O3S. The lowest BCUT2D eigenvalue weighted by Gasteiger charge is -2.32. The molecule has 1 heterocycles. The van der Waals surface area contributed by atoms with Crippen LogP contribution < -0.4 is 10.1 Å². The van der Waals surface area contributed by atoms with E-state index in [-0.39, 0.29) is 21.2 Å². The van der Waals surface area contributed by atoms with E-state index in [0.29, 0.717) is 13.1 Å². The summed E-state index contributed by atoms with van der Waals surface area (Å²) in [5.41, 5.74) is 0. The summed E-state index contributed by atoms with van der Waals surface area (Å²) in [5.74, 6) is -0.494. The number of nitrogens with one attached hydrogen (secondary N) is 1. The van der Waals surface area contributed by atoms with E-state index in [0.717, 1.165) is 18.9 Å². The van der Waals surface area contributed by atoms with Gasteiger partial charge < -0.3 is 10.1 Å². The molecule has 0 bridgehead atoms. The Hall–Kier alpha value is -0.700. The molecule has 1 fully saturated rings. The number of benzene rings is 1. The van der Waals surface area contributed by atoms with E-state index in [2.05, 4.69) is 21.2 Å². The molecule has 0 amide bonds. The van der Waals surface area contributed by atoms with Gasteiger partial charge in [-0.05, 0) is 48.0 Å². The highest BCUT2D eigenvalue weighted by molar-refractivity contribution is 9.10. The lowest BCUT2D eigenvalue weighted by Crippen LogP contribution is -2.46. The number of hydrogen-bond acceptors (Lipinski definition) is 4. The van der Waals surface area contributed by atoms with E-state index in [1.165, 1.54) is 17.5 Å². The van der Waals surface area contributed by atoms with Gasteiger partial charge in [-0.3, -0.25) is 0 Å². The van der Waals surface area contributed by atoms with Crippen molar-refractivity contribution in [1.82, 2.24) is 9.62 Å². The predicted molar refractivity (Wildman–Crippen MR) is 81.5 cm³/mol. The van der Waals surface area contributed by atoms with Crippen molar-refractivity contribution in [1.29, 1.82) is 0 Å². The van der Waals surface area contributed by atoms with E-state index in [1.807, 2.05) is 0 Å². The Kier molecular flexibility index (Phi) is 5.24. The zero-order chi connectivity index (χ0) is 15.6. The zero-order valence-electron chi connectivity index (χ0n) is 11.9. The molecule has 0 saturated carbocycles. The number of piperidine rings is 1. The Balaban J connectivity index is 2.41. The van der Waals surface area contributed by atoms with E-state index in [1.54, 1.807) is 7.05 Å². The number of nitrogens with zero attached hydrogens (tertiary/aromatic N) is 1. The maximum Gasteiger partial charge on any atom is 0.246 e. The van der Waals surface area contributed by atoms with Gasteiger partial charge in [-0.25, -0.2) is 12.8 Å². The summed E-state index contributed by atoms with van der Waals surface area (Å²) in [6, 6.07) is 2.45. The van der Waals surface area contributed by atoms with Crippen molar-refractivity contribution < 1.29 is 17.5 Å². The summed E-state index contributed by atoms with van der Waals surface area (Å²) in [6.45, 7) is 0.807. The van der Waals surface area contributed by atoms with Crippen molar-refractivity contribution >= 4 is 26.0 Å². The molecule has 0 spiro atoms. The van der Waals surface area contributed by atoms with Crippen LogP contribution in [0.4, 0.5) is 4.39 Å². The van der Waals surface area contributed by atoms with Gasteiger partial charge in [-0.1, -0.05) is 0 Å². The van der Waals surface area contributed by atoms with Crippen LogP contribution in [-0.4, -0.2) is 46.0 Å². The topological polar surface area (TPSA) is 58.6 Å². The number of methoxy groups -OCH3 is 1. The number of likely N-dealkylation sites (N-methyl/N-ethyl adjacent to an activating group) is 1. The van der Waals surface area contributed by atoms with Gasteiger partial charge in [0.25, 0.3) is 0 Å². The molecule has 1 aliphatic rings. The van der Waals surface area contributed by atoms with Crippen LogP contribution in [0.5, 0.6) is 5.75 Å². The summed E-state index contributed by atoms with van der Waals surface area (Å²) in [4.78, 5) is -0.137. The molecule has 1 aromatic rings. The van der Waals surface area contributed by atoms with Crippen molar-refractivity contribution in [3.63, 3.8) is 0 Å². The van der Waals surface area contributed by atoms with Crippen LogP contribution in [0.2, 0.25) is 0 Å². The molecule has 1 unspecified atom stereocenters. The van der Waals surface area contributed by atoms with Gasteiger partial charge in [0.1, 0.15) is 16.5 Å². The summed E-state index contributed by atoms with van der Waals surface area (Å²) in [5, 5.41) is 3.09. The molecule has 1 atom stereocenters. The van der Waals surface area contributed by atoms with Gasteiger partial charge >= 0.3 is 0 Å². The molecule has 1 N–H and O–H groups in total. The molecule has 1 aromatic carbocycles. The first-order chi connectivity index (χ1) is 9.90. The Bertz CT molecular complexity index is 624. The molecule has 5 nitrogen and oxygen atoms in total. The average molecular weight is 381 g/mol. The summed E-state index contributed by atoms with van der Waals surface area (Å²) in [7, 11) is -0.607. The van der Waals surface area contributed by atoms with Crippen LogP contribution in [0.15, 0.2) is 21.5 Å². The van der Waals surface area contributed by atoms with Gasteiger partial charge in [0.15, 0.2) is 0 Å². The van der Waals surface area contributed by atoms with Crippen LogP contribution in [0.3, 0.4) is 0 Å². The Labute approximate surface area is 132 Å². The third-order valence-electron chi connectivity index (χ3n) is 3.62. The molecule has 1 saturated heterocycles. The van der Waals surface area contributed by atoms with Gasteiger partial charge in [-0.2, -0.15) is 4.31 Å². The quantitative estimate of drug-likeness (QED) is 0.867. The molecule has 0 aromatic heterocycles. The second-order valence-electron chi connectivity index (χ2n) is 4.91. The Morgan fingerprint density at radius 1 is 1.48 bits per heavy atom. The highest BCUT2D eigenvalue weighted by Gasteiger charge is 2.32. The van der Waals surface area contributed by atoms with Crippen LogP contribution in [0.1, 0.15) is 12.8 Å². The standard InChI is InChI=1S/C13H18BrFN2O3S/c1-16-9-4-3-5-17(8-9)21(18,19)13-7-11(15)10(14)6-12(13)20-2/h6-7,9,16H,3-5,8H2,1-2H3. The van der Waals surface area contributed by atoms with Crippen molar-refractivity contribution in [2.24, 2.45) is 0 Å². The number of halogens is 2. The molecule has 8 heteroatoms. The fourth-order valence-corrected chi connectivity index (χ4v) is 4.40. The van der Waals surface area contributed by atoms with Crippen LogP contribution in [0.25, 0.3) is 0 Å².